The Morgan fingerprint density at radius 3 is 2.85 bits per heavy atom. The number of hydrogen-bond acceptors (Lipinski definition) is 6. The number of fused-ring (bicyclic) bond motifs is 2. The zero-order valence-electron chi connectivity index (χ0n) is 15.1. The molecule has 0 bridgehead atoms. The van der Waals surface area contributed by atoms with Crippen LogP contribution in [0, 0.1) is 0 Å². The SMILES string of the molecule is CCC(=O)Nc1sc2c(c1-c1nc3ccccc3s1)CCN(C(=O)OC)C2. The number of aromatic nitrogens is 1. The summed E-state index contributed by atoms with van der Waals surface area (Å²) in [5.41, 5.74) is 3.13. The van der Waals surface area contributed by atoms with Crippen LogP contribution in [0.3, 0.4) is 0 Å². The molecule has 4 rings (SSSR count). The highest BCUT2D eigenvalue weighted by atomic mass is 32.1. The summed E-state index contributed by atoms with van der Waals surface area (Å²) in [4.78, 5) is 31.5. The number of amides is 2. The third kappa shape index (κ3) is 3.30. The fraction of sp³-hybridized carbons (Fsp3) is 0.316. The van der Waals surface area contributed by atoms with E-state index in [0.717, 1.165) is 30.7 Å². The van der Waals surface area contributed by atoms with Gasteiger partial charge in [-0.15, -0.1) is 22.7 Å². The summed E-state index contributed by atoms with van der Waals surface area (Å²) in [5.74, 6) is -0.0271. The van der Waals surface area contributed by atoms with Gasteiger partial charge in [-0.05, 0) is 24.1 Å². The summed E-state index contributed by atoms with van der Waals surface area (Å²) in [6.07, 6.45) is 0.805. The summed E-state index contributed by atoms with van der Waals surface area (Å²) in [6.45, 7) is 2.92. The van der Waals surface area contributed by atoms with E-state index in [9.17, 15) is 9.59 Å². The highest BCUT2D eigenvalue weighted by Crippen LogP contribution is 2.45. The highest BCUT2D eigenvalue weighted by Gasteiger charge is 2.29. The molecule has 0 radical (unpaired) electrons. The Morgan fingerprint density at radius 1 is 1.30 bits per heavy atom. The zero-order valence-corrected chi connectivity index (χ0v) is 16.7. The van der Waals surface area contributed by atoms with Crippen LogP contribution < -0.4 is 5.32 Å². The van der Waals surface area contributed by atoms with E-state index in [1.54, 1.807) is 16.2 Å². The lowest BCUT2D eigenvalue weighted by Gasteiger charge is -2.25. The molecule has 1 aliphatic rings. The van der Waals surface area contributed by atoms with Crippen LogP contribution in [0.25, 0.3) is 20.8 Å². The van der Waals surface area contributed by atoms with Crippen molar-refractivity contribution >= 4 is 49.9 Å². The van der Waals surface area contributed by atoms with Crippen LogP contribution in [0.15, 0.2) is 24.3 Å². The predicted molar refractivity (Wildman–Crippen MR) is 108 cm³/mol. The normalized spacial score (nSPS) is 13.5. The minimum absolute atomic E-state index is 0.0271. The maximum atomic E-state index is 12.1. The van der Waals surface area contributed by atoms with Gasteiger partial charge in [0.15, 0.2) is 0 Å². The fourth-order valence-corrected chi connectivity index (χ4v) is 5.59. The van der Waals surface area contributed by atoms with E-state index in [-0.39, 0.29) is 12.0 Å². The van der Waals surface area contributed by atoms with E-state index in [0.29, 0.717) is 25.9 Å². The highest BCUT2D eigenvalue weighted by molar-refractivity contribution is 7.22. The Balaban J connectivity index is 1.80. The first-order valence-electron chi connectivity index (χ1n) is 8.74. The Labute approximate surface area is 164 Å². The van der Waals surface area contributed by atoms with Crippen molar-refractivity contribution in [1.82, 2.24) is 9.88 Å². The molecular weight excluding hydrogens is 382 g/mol. The molecule has 3 aromatic rings. The Morgan fingerprint density at radius 2 is 2.11 bits per heavy atom. The molecule has 1 aliphatic heterocycles. The first kappa shape index (κ1) is 17.9. The molecule has 6 nitrogen and oxygen atoms in total. The van der Waals surface area contributed by atoms with Crippen LogP contribution in [0.5, 0.6) is 0 Å². The maximum absolute atomic E-state index is 12.1. The largest absolute Gasteiger partial charge is 0.453 e. The van der Waals surface area contributed by atoms with Gasteiger partial charge >= 0.3 is 6.09 Å². The lowest BCUT2D eigenvalue weighted by Crippen LogP contribution is -2.35. The van der Waals surface area contributed by atoms with Crippen LogP contribution in [0.2, 0.25) is 0 Å². The number of hydrogen-bond donors (Lipinski definition) is 1. The van der Waals surface area contributed by atoms with Gasteiger partial charge in [-0.3, -0.25) is 4.79 Å². The molecule has 8 heteroatoms. The molecule has 1 aromatic carbocycles. The van der Waals surface area contributed by atoms with Crippen LogP contribution in [-0.4, -0.2) is 35.5 Å². The van der Waals surface area contributed by atoms with Gasteiger partial charge in [0.2, 0.25) is 5.91 Å². The average molecular weight is 402 g/mol. The minimum Gasteiger partial charge on any atom is -0.453 e. The number of nitrogens with zero attached hydrogens (tertiary/aromatic N) is 2. The van der Waals surface area contributed by atoms with E-state index in [4.69, 9.17) is 9.72 Å². The molecule has 3 heterocycles. The maximum Gasteiger partial charge on any atom is 0.409 e. The number of nitrogens with one attached hydrogen (secondary N) is 1. The van der Waals surface area contributed by atoms with Crippen molar-refractivity contribution in [2.24, 2.45) is 0 Å². The van der Waals surface area contributed by atoms with Gasteiger partial charge in [0, 0.05) is 23.4 Å². The number of rotatable bonds is 3. The monoisotopic (exact) mass is 401 g/mol. The van der Waals surface area contributed by atoms with Crippen molar-refractivity contribution in [1.29, 1.82) is 0 Å². The first-order chi connectivity index (χ1) is 13.1. The second kappa shape index (κ2) is 7.28. The summed E-state index contributed by atoms with van der Waals surface area (Å²) in [5, 5.41) is 4.76. The molecule has 2 aromatic heterocycles. The fourth-order valence-electron chi connectivity index (χ4n) is 3.20. The topological polar surface area (TPSA) is 71.5 Å². The van der Waals surface area contributed by atoms with E-state index in [1.165, 1.54) is 24.0 Å². The van der Waals surface area contributed by atoms with Crippen LogP contribution in [0.4, 0.5) is 9.80 Å². The molecule has 27 heavy (non-hydrogen) atoms. The van der Waals surface area contributed by atoms with Crippen molar-refractivity contribution in [3.8, 4) is 10.6 Å². The number of thiazole rings is 1. The molecule has 0 atom stereocenters. The smallest absolute Gasteiger partial charge is 0.409 e. The van der Waals surface area contributed by atoms with E-state index < -0.39 is 0 Å². The summed E-state index contributed by atoms with van der Waals surface area (Å²) >= 11 is 3.15. The third-order valence-electron chi connectivity index (χ3n) is 4.57. The number of anilines is 1. The molecule has 2 amide bonds. The second-order valence-electron chi connectivity index (χ2n) is 6.24. The van der Waals surface area contributed by atoms with Gasteiger partial charge in [-0.2, -0.15) is 0 Å². The third-order valence-corrected chi connectivity index (χ3v) is 6.76. The number of ether oxygens (including phenoxy) is 1. The number of carbonyl (C=O) groups excluding carboxylic acids is 2. The number of thiophene rings is 1. The van der Waals surface area contributed by atoms with Gasteiger partial charge in [0.05, 0.1) is 23.9 Å². The van der Waals surface area contributed by atoms with Gasteiger partial charge in [0.25, 0.3) is 0 Å². The second-order valence-corrected chi connectivity index (χ2v) is 8.37. The standard InChI is InChI=1S/C19H19N3O3S2/c1-3-15(23)21-18-16(17-20-12-6-4-5-7-13(12)26-17)11-8-9-22(19(24)25-2)10-14(11)27-18/h4-7H,3,8-10H2,1-2H3,(H,21,23). The summed E-state index contributed by atoms with van der Waals surface area (Å²) in [6, 6.07) is 8.03. The van der Waals surface area contributed by atoms with Crippen LogP contribution in [-0.2, 0) is 22.5 Å². The van der Waals surface area contributed by atoms with Gasteiger partial charge in [-0.25, -0.2) is 9.78 Å². The van der Waals surface area contributed by atoms with E-state index in [1.807, 2.05) is 25.1 Å². The van der Waals surface area contributed by atoms with Crippen molar-refractivity contribution in [3.05, 3.63) is 34.7 Å². The number of carbonyl (C=O) groups is 2. The van der Waals surface area contributed by atoms with Gasteiger partial charge < -0.3 is 15.0 Å². The van der Waals surface area contributed by atoms with Crippen LogP contribution >= 0.6 is 22.7 Å². The van der Waals surface area contributed by atoms with Gasteiger partial charge in [-0.1, -0.05) is 19.1 Å². The molecule has 140 valence electrons. The molecule has 0 spiro atoms. The number of benzene rings is 1. The van der Waals surface area contributed by atoms with Crippen molar-refractivity contribution < 1.29 is 14.3 Å². The van der Waals surface area contributed by atoms with Crippen molar-refractivity contribution in [2.75, 3.05) is 19.0 Å². The molecular formula is C19H19N3O3S2. The van der Waals surface area contributed by atoms with E-state index in [2.05, 4.69) is 11.4 Å². The van der Waals surface area contributed by atoms with Crippen LogP contribution in [0.1, 0.15) is 23.8 Å². The van der Waals surface area contributed by atoms with E-state index >= 15 is 0 Å². The minimum atomic E-state index is -0.324. The first-order valence-corrected chi connectivity index (χ1v) is 10.4. The van der Waals surface area contributed by atoms with Crippen molar-refractivity contribution in [3.63, 3.8) is 0 Å². The Kier molecular flexibility index (Phi) is 4.84. The van der Waals surface area contributed by atoms with Gasteiger partial charge in [0.1, 0.15) is 10.0 Å². The Hall–Kier alpha value is -2.45. The zero-order chi connectivity index (χ0) is 19.0. The molecule has 0 saturated heterocycles. The quantitative estimate of drug-likeness (QED) is 0.701. The summed E-state index contributed by atoms with van der Waals surface area (Å²) < 4.78 is 5.98. The Bertz CT molecular complexity index is 992. The van der Waals surface area contributed by atoms with Crippen molar-refractivity contribution in [2.45, 2.75) is 26.3 Å². The average Bonchev–Trinajstić information content (AvgIpc) is 3.26. The lowest BCUT2D eigenvalue weighted by molar-refractivity contribution is -0.115. The molecule has 0 saturated carbocycles. The lowest BCUT2D eigenvalue weighted by atomic mass is 10.0. The number of methoxy groups -OCH3 is 1. The molecule has 1 N–H and O–H groups in total. The molecule has 0 aliphatic carbocycles. The molecule has 0 unspecified atom stereocenters. The predicted octanol–water partition coefficient (Wildman–Crippen LogP) is 4.50. The number of para-hydroxylation sites is 1. The molecule has 0 fully saturated rings. The summed E-state index contributed by atoms with van der Waals surface area (Å²) in [7, 11) is 1.39.